The van der Waals surface area contributed by atoms with E-state index in [1.807, 2.05) is 19.0 Å². The Morgan fingerprint density at radius 2 is 2.10 bits per heavy atom. The number of likely N-dealkylation sites (N-methyl/N-ethyl adjacent to an activating group) is 1. The molecule has 0 spiro atoms. The monoisotopic (exact) mass is 320 g/mol. The maximum Gasteiger partial charge on any atom is 0.357 e. The number of nitrogens with zero attached hydrogens (tertiary/aromatic N) is 2. The number of carbonyl (C=O) groups is 1. The molecular formula is C11H20N4O5S. The number of hydrogen-bond acceptors (Lipinski definition) is 6. The third kappa shape index (κ3) is 5.08. The molecule has 1 heterocycles. The van der Waals surface area contributed by atoms with E-state index in [0.29, 0.717) is 6.61 Å². The maximum atomic E-state index is 12.1. The van der Waals surface area contributed by atoms with Crippen molar-refractivity contribution in [1.29, 1.82) is 0 Å². The van der Waals surface area contributed by atoms with Crippen LogP contribution in [0.1, 0.15) is 16.2 Å². The first kappa shape index (κ1) is 17.6. The Bertz CT molecular complexity index is 581. The predicted octanol–water partition coefficient (Wildman–Crippen LogP) is -0.727. The number of aromatic carboxylic acids is 1. The van der Waals surface area contributed by atoms with E-state index in [2.05, 4.69) is 14.9 Å². The zero-order chi connectivity index (χ0) is 16.0. The van der Waals surface area contributed by atoms with Crippen LogP contribution in [0.4, 0.5) is 0 Å². The summed E-state index contributed by atoms with van der Waals surface area (Å²) in [5.74, 6) is -1.40. The summed E-state index contributed by atoms with van der Waals surface area (Å²) in [6, 6.07) is 0. The lowest BCUT2D eigenvalue weighted by atomic mass is 10.4. The molecule has 3 N–H and O–H groups in total. The van der Waals surface area contributed by atoms with Crippen molar-refractivity contribution in [1.82, 2.24) is 19.8 Å². The van der Waals surface area contributed by atoms with E-state index in [0.717, 1.165) is 6.54 Å². The van der Waals surface area contributed by atoms with Crippen LogP contribution in [0.15, 0.2) is 4.90 Å². The lowest BCUT2D eigenvalue weighted by Crippen LogP contribution is -2.29. The van der Waals surface area contributed by atoms with Crippen molar-refractivity contribution in [3.8, 4) is 0 Å². The molecule has 0 saturated heterocycles. The SMILES string of the molecule is Cc1[nH]nc(C(=O)O)c1S(=O)(=O)NCCOCCN(C)C. The molecule has 0 unspecified atom stereocenters. The molecule has 0 fully saturated rings. The molecule has 0 aliphatic carbocycles. The fraction of sp³-hybridized carbons (Fsp3) is 0.636. The highest BCUT2D eigenvalue weighted by Crippen LogP contribution is 2.17. The average Bonchev–Trinajstić information content (AvgIpc) is 2.76. The number of aromatic amines is 1. The van der Waals surface area contributed by atoms with Crippen molar-refractivity contribution in [3.05, 3.63) is 11.4 Å². The summed E-state index contributed by atoms with van der Waals surface area (Å²) in [7, 11) is -0.134. The number of aromatic nitrogens is 2. The van der Waals surface area contributed by atoms with Crippen LogP contribution in [0.5, 0.6) is 0 Å². The topological polar surface area (TPSA) is 125 Å². The molecule has 1 rings (SSSR count). The van der Waals surface area contributed by atoms with Gasteiger partial charge in [0.25, 0.3) is 0 Å². The average molecular weight is 320 g/mol. The number of hydrogen-bond donors (Lipinski definition) is 3. The second-order valence-electron chi connectivity index (χ2n) is 4.64. The van der Waals surface area contributed by atoms with Gasteiger partial charge >= 0.3 is 5.97 Å². The van der Waals surface area contributed by atoms with Crippen LogP contribution in [-0.4, -0.2) is 75.0 Å². The van der Waals surface area contributed by atoms with E-state index in [-0.39, 0.29) is 23.7 Å². The van der Waals surface area contributed by atoms with Gasteiger partial charge in [-0.15, -0.1) is 0 Å². The molecule has 9 nitrogen and oxygen atoms in total. The van der Waals surface area contributed by atoms with Crippen LogP contribution < -0.4 is 4.72 Å². The summed E-state index contributed by atoms with van der Waals surface area (Å²) >= 11 is 0. The molecule has 0 bridgehead atoms. The zero-order valence-corrected chi connectivity index (χ0v) is 13.0. The lowest BCUT2D eigenvalue weighted by molar-refractivity contribution is 0.0686. The highest BCUT2D eigenvalue weighted by Gasteiger charge is 2.27. The summed E-state index contributed by atoms with van der Waals surface area (Å²) < 4.78 is 31.7. The van der Waals surface area contributed by atoms with Gasteiger partial charge in [0.2, 0.25) is 10.0 Å². The number of aryl methyl sites for hydroxylation is 1. The van der Waals surface area contributed by atoms with Gasteiger partial charge < -0.3 is 14.7 Å². The summed E-state index contributed by atoms with van der Waals surface area (Å²) in [5.41, 5.74) is -0.345. The van der Waals surface area contributed by atoms with E-state index >= 15 is 0 Å². The summed E-state index contributed by atoms with van der Waals surface area (Å²) in [4.78, 5) is 12.6. The molecule has 21 heavy (non-hydrogen) atoms. The van der Waals surface area contributed by atoms with Crippen molar-refractivity contribution in [3.63, 3.8) is 0 Å². The number of nitrogens with one attached hydrogen (secondary N) is 2. The Balaban J connectivity index is 2.59. The molecule has 0 aliphatic rings. The van der Waals surface area contributed by atoms with Gasteiger partial charge in [0.05, 0.1) is 18.9 Å². The highest BCUT2D eigenvalue weighted by molar-refractivity contribution is 7.89. The Morgan fingerprint density at radius 3 is 2.67 bits per heavy atom. The third-order valence-corrected chi connectivity index (χ3v) is 4.20. The van der Waals surface area contributed by atoms with Gasteiger partial charge in [0, 0.05) is 13.1 Å². The van der Waals surface area contributed by atoms with Gasteiger partial charge in [0.1, 0.15) is 4.90 Å². The van der Waals surface area contributed by atoms with Gasteiger partial charge in [-0.2, -0.15) is 5.10 Å². The van der Waals surface area contributed by atoms with Gasteiger partial charge in [-0.25, -0.2) is 17.9 Å². The van der Waals surface area contributed by atoms with Gasteiger partial charge in [0.15, 0.2) is 5.69 Å². The summed E-state index contributed by atoms with van der Waals surface area (Å²) in [5, 5.41) is 14.8. The minimum Gasteiger partial charge on any atom is -0.476 e. The number of H-pyrrole nitrogens is 1. The Hall–Kier alpha value is -1.49. The Kier molecular flexibility index (Phi) is 6.27. The molecule has 0 saturated carbocycles. The van der Waals surface area contributed by atoms with Gasteiger partial charge in [-0.05, 0) is 21.0 Å². The summed E-state index contributed by atoms with van der Waals surface area (Å²) in [6.45, 7) is 2.92. The molecular weight excluding hydrogens is 300 g/mol. The Labute approximate surface area is 123 Å². The van der Waals surface area contributed by atoms with Crippen LogP contribution in [0, 0.1) is 6.92 Å². The molecule has 1 aromatic heterocycles. The number of rotatable bonds is 9. The Morgan fingerprint density at radius 1 is 1.43 bits per heavy atom. The molecule has 0 aliphatic heterocycles. The minimum atomic E-state index is -3.94. The van der Waals surface area contributed by atoms with Crippen LogP contribution in [0.25, 0.3) is 0 Å². The largest absolute Gasteiger partial charge is 0.476 e. The van der Waals surface area contributed by atoms with Crippen molar-refractivity contribution < 1.29 is 23.1 Å². The second-order valence-corrected chi connectivity index (χ2v) is 6.35. The number of ether oxygens (including phenoxy) is 1. The number of sulfonamides is 1. The highest BCUT2D eigenvalue weighted by atomic mass is 32.2. The van der Waals surface area contributed by atoms with E-state index in [9.17, 15) is 13.2 Å². The standard InChI is InChI=1S/C11H20N4O5S/c1-8-10(9(11(16)17)14-13-8)21(18,19)12-4-6-20-7-5-15(2)3/h12H,4-7H2,1-3H3,(H,13,14)(H,16,17). The van der Waals surface area contributed by atoms with Crippen molar-refractivity contribution in [2.75, 3.05) is 40.4 Å². The predicted molar refractivity (Wildman–Crippen MR) is 74.8 cm³/mol. The first-order chi connectivity index (χ1) is 9.75. The van der Waals surface area contributed by atoms with Gasteiger partial charge in [-0.1, -0.05) is 0 Å². The van der Waals surface area contributed by atoms with Crippen LogP contribution in [0.2, 0.25) is 0 Å². The third-order valence-electron chi connectivity index (χ3n) is 2.58. The van der Waals surface area contributed by atoms with E-state index in [4.69, 9.17) is 9.84 Å². The van der Waals surface area contributed by atoms with Crippen molar-refractivity contribution in [2.45, 2.75) is 11.8 Å². The fourth-order valence-electron chi connectivity index (χ4n) is 1.56. The van der Waals surface area contributed by atoms with Crippen molar-refractivity contribution >= 4 is 16.0 Å². The fourth-order valence-corrected chi connectivity index (χ4v) is 2.89. The lowest BCUT2D eigenvalue weighted by Gasteiger charge is -2.10. The van der Waals surface area contributed by atoms with Crippen LogP contribution in [-0.2, 0) is 14.8 Å². The summed E-state index contributed by atoms with van der Waals surface area (Å²) in [6.07, 6.45) is 0. The molecule has 0 radical (unpaired) electrons. The number of carboxylic acids is 1. The smallest absolute Gasteiger partial charge is 0.357 e. The molecule has 10 heteroatoms. The number of carboxylic acid groups (broad SMARTS) is 1. The molecule has 1 aromatic rings. The normalized spacial score (nSPS) is 12.0. The van der Waals surface area contributed by atoms with Crippen LogP contribution in [0.3, 0.4) is 0 Å². The van der Waals surface area contributed by atoms with Gasteiger partial charge in [-0.3, -0.25) is 5.10 Å². The zero-order valence-electron chi connectivity index (χ0n) is 12.2. The first-order valence-electron chi connectivity index (χ1n) is 6.26. The maximum absolute atomic E-state index is 12.1. The second kappa shape index (κ2) is 7.50. The first-order valence-corrected chi connectivity index (χ1v) is 7.74. The molecule has 0 atom stereocenters. The van der Waals surface area contributed by atoms with Crippen LogP contribution >= 0.6 is 0 Å². The van der Waals surface area contributed by atoms with E-state index < -0.39 is 21.7 Å². The quantitative estimate of drug-likeness (QED) is 0.512. The molecule has 0 aromatic carbocycles. The van der Waals surface area contributed by atoms with E-state index in [1.54, 1.807) is 0 Å². The minimum absolute atomic E-state index is 0.0550. The van der Waals surface area contributed by atoms with Crippen molar-refractivity contribution in [2.24, 2.45) is 0 Å². The molecule has 0 amide bonds. The molecule has 120 valence electrons. The van der Waals surface area contributed by atoms with E-state index in [1.165, 1.54) is 6.92 Å².